The van der Waals surface area contributed by atoms with E-state index >= 15 is 0 Å². The zero-order valence-corrected chi connectivity index (χ0v) is 16.8. The Bertz CT molecular complexity index is 863. The third-order valence-electron chi connectivity index (χ3n) is 5.69. The Morgan fingerprint density at radius 3 is 2.68 bits per heavy atom. The Labute approximate surface area is 166 Å². The summed E-state index contributed by atoms with van der Waals surface area (Å²) in [5.74, 6) is 2.06. The Morgan fingerprint density at radius 2 is 1.89 bits per heavy atom. The molecule has 1 aromatic heterocycles. The lowest BCUT2D eigenvalue weighted by molar-refractivity contribution is 0.0778. The lowest BCUT2D eigenvalue weighted by Crippen LogP contribution is -2.40. The van der Waals surface area contributed by atoms with Crippen molar-refractivity contribution >= 4 is 10.0 Å². The molecule has 2 aliphatic rings. The van der Waals surface area contributed by atoms with Crippen molar-refractivity contribution in [2.24, 2.45) is 5.92 Å². The van der Waals surface area contributed by atoms with Gasteiger partial charge < -0.3 is 9.26 Å². The molecule has 3 heterocycles. The molecule has 0 N–H and O–H groups in total. The van der Waals surface area contributed by atoms with Gasteiger partial charge in [-0.15, -0.1) is 0 Å². The second-order valence-corrected chi connectivity index (χ2v) is 9.60. The molecule has 2 fully saturated rings. The average Bonchev–Trinajstić information content (AvgIpc) is 3.23. The van der Waals surface area contributed by atoms with Crippen molar-refractivity contribution in [1.82, 2.24) is 14.4 Å². The van der Waals surface area contributed by atoms with Crippen molar-refractivity contribution in [3.63, 3.8) is 0 Å². The Balaban J connectivity index is 1.34. The van der Waals surface area contributed by atoms with Gasteiger partial charge in [0.25, 0.3) is 0 Å². The number of nitrogens with zero attached hydrogens (tertiary/aromatic N) is 3. The molecule has 0 spiro atoms. The summed E-state index contributed by atoms with van der Waals surface area (Å²) in [5, 5.41) is 4.13. The number of sulfonamides is 1. The fourth-order valence-electron chi connectivity index (χ4n) is 4.03. The first-order valence-electron chi connectivity index (χ1n) is 10.1. The standard InChI is InChI=1S/C20H27N3O4S/c24-28(25,18-6-2-1-3-7-18)23-12-4-5-16(15-23)8-9-19-21-20(27-22-19)17-10-13-26-14-11-17/h1-3,6-7,16-17H,4-5,8-15H2. The number of hydrogen-bond donors (Lipinski definition) is 0. The Hall–Kier alpha value is -1.77. The van der Waals surface area contributed by atoms with Crippen LogP contribution in [0.25, 0.3) is 0 Å². The number of piperidine rings is 1. The summed E-state index contributed by atoms with van der Waals surface area (Å²) in [6, 6.07) is 8.69. The monoisotopic (exact) mass is 405 g/mol. The zero-order valence-electron chi connectivity index (χ0n) is 16.0. The van der Waals surface area contributed by atoms with E-state index in [0.29, 0.717) is 29.8 Å². The van der Waals surface area contributed by atoms with Gasteiger partial charge in [0.05, 0.1) is 4.90 Å². The number of benzene rings is 1. The van der Waals surface area contributed by atoms with Crippen LogP contribution in [0.2, 0.25) is 0 Å². The fourth-order valence-corrected chi connectivity index (χ4v) is 5.61. The number of aromatic nitrogens is 2. The normalized spacial score (nSPS) is 22.4. The first kappa shape index (κ1) is 19.5. The first-order valence-corrected chi connectivity index (χ1v) is 11.5. The van der Waals surface area contributed by atoms with E-state index in [2.05, 4.69) is 10.1 Å². The van der Waals surface area contributed by atoms with E-state index in [1.807, 2.05) is 6.07 Å². The van der Waals surface area contributed by atoms with Crippen molar-refractivity contribution in [2.75, 3.05) is 26.3 Å². The van der Waals surface area contributed by atoms with Gasteiger partial charge in [-0.05, 0) is 50.2 Å². The molecule has 0 radical (unpaired) electrons. The summed E-state index contributed by atoms with van der Waals surface area (Å²) in [4.78, 5) is 4.94. The third-order valence-corrected chi connectivity index (χ3v) is 7.57. The van der Waals surface area contributed by atoms with E-state index in [9.17, 15) is 8.42 Å². The smallest absolute Gasteiger partial charge is 0.243 e. The topological polar surface area (TPSA) is 85.5 Å². The van der Waals surface area contributed by atoms with Crippen LogP contribution in [0, 0.1) is 5.92 Å². The summed E-state index contributed by atoms with van der Waals surface area (Å²) >= 11 is 0. The predicted octanol–water partition coefficient (Wildman–Crippen LogP) is 3.00. The molecule has 7 nitrogen and oxygen atoms in total. The zero-order chi connectivity index (χ0) is 19.4. The van der Waals surface area contributed by atoms with Crippen LogP contribution in [0.3, 0.4) is 0 Å². The second kappa shape index (κ2) is 8.71. The van der Waals surface area contributed by atoms with Gasteiger partial charge in [-0.3, -0.25) is 0 Å². The van der Waals surface area contributed by atoms with E-state index in [0.717, 1.165) is 63.5 Å². The van der Waals surface area contributed by atoms with Gasteiger partial charge in [0.2, 0.25) is 15.9 Å². The van der Waals surface area contributed by atoms with E-state index in [1.165, 1.54) is 0 Å². The fraction of sp³-hybridized carbons (Fsp3) is 0.600. The molecule has 1 atom stereocenters. The summed E-state index contributed by atoms with van der Waals surface area (Å²) in [6.45, 7) is 2.64. The van der Waals surface area contributed by atoms with Gasteiger partial charge in [0.15, 0.2) is 5.82 Å². The SMILES string of the molecule is O=S(=O)(c1ccccc1)N1CCCC(CCc2noc(C3CCOCC3)n2)C1. The van der Waals surface area contributed by atoms with Crippen molar-refractivity contribution < 1.29 is 17.7 Å². The lowest BCUT2D eigenvalue weighted by atomic mass is 9.94. The largest absolute Gasteiger partial charge is 0.381 e. The van der Waals surface area contributed by atoms with Crippen molar-refractivity contribution in [2.45, 2.75) is 49.3 Å². The van der Waals surface area contributed by atoms with E-state index in [1.54, 1.807) is 28.6 Å². The van der Waals surface area contributed by atoms with Crippen LogP contribution >= 0.6 is 0 Å². The first-order chi connectivity index (χ1) is 13.6. The molecule has 8 heteroatoms. The molecule has 2 saturated heterocycles. The molecule has 0 saturated carbocycles. The van der Waals surface area contributed by atoms with Crippen LogP contribution in [-0.2, 0) is 21.2 Å². The minimum atomic E-state index is -3.42. The summed E-state index contributed by atoms with van der Waals surface area (Å²) in [5.41, 5.74) is 0. The van der Waals surface area contributed by atoms with E-state index in [-0.39, 0.29) is 0 Å². The maximum absolute atomic E-state index is 12.9. The Morgan fingerprint density at radius 1 is 1.11 bits per heavy atom. The molecule has 28 heavy (non-hydrogen) atoms. The van der Waals surface area contributed by atoms with Crippen molar-refractivity contribution in [1.29, 1.82) is 0 Å². The third kappa shape index (κ3) is 4.45. The molecule has 2 aromatic rings. The molecule has 0 bridgehead atoms. The van der Waals surface area contributed by atoms with Crippen molar-refractivity contribution in [3.05, 3.63) is 42.0 Å². The van der Waals surface area contributed by atoms with Crippen LogP contribution in [0.1, 0.15) is 49.7 Å². The van der Waals surface area contributed by atoms with Gasteiger partial charge in [-0.1, -0.05) is 23.4 Å². The second-order valence-electron chi connectivity index (χ2n) is 7.66. The highest BCUT2D eigenvalue weighted by Crippen LogP contribution is 2.28. The van der Waals surface area contributed by atoms with Crippen LogP contribution in [0.5, 0.6) is 0 Å². The van der Waals surface area contributed by atoms with Crippen molar-refractivity contribution in [3.8, 4) is 0 Å². The minimum Gasteiger partial charge on any atom is -0.381 e. The molecule has 1 unspecified atom stereocenters. The maximum atomic E-state index is 12.9. The van der Waals surface area contributed by atoms with Gasteiger partial charge in [0.1, 0.15) is 0 Å². The lowest BCUT2D eigenvalue weighted by Gasteiger charge is -2.31. The maximum Gasteiger partial charge on any atom is 0.243 e. The van der Waals surface area contributed by atoms with Crippen LogP contribution in [0.15, 0.2) is 39.8 Å². The molecule has 4 rings (SSSR count). The van der Waals surface area contributed by atoms with Crippen LogP contribution in [-0.4, -0.2) is 49.2 Å². The highest BCUT2D eigenvalue weighted by atomic mass is 32.2. The van der Waals surface area contributed by atoms with Gasteiger partial charge in [-0.25, -0.2) is 8.42 Å². The predicted molar refractivity (Wildman–Crippen MR) is 103 cm³/mol. The quantitative estimate of drug-likeness (QED) is 0.734. The number of ether oxygens (including phenoxy) is 1. The summed E-state index contributed by atoms with van der Waals surface area (Å²) in [6.07, 6.45) is 5.36. The summed E-state index contributed by atoms with van der Waals surface area (Å²) < 4.78 is 38.2. The Kier molecular flexibility index (Phi) is 6.08. The van der Waals surface area contributed by atoms with E-state index in [4.69, 9.17) is 9.26 Å². The summed E-state index contributed by atoms with van der Waals surface area (Å²) in [7, 11) is -3.42. The minimum absolute atomic E-state index is 0.302. The number of rotatable bonds is 6. The van der Waals surface area contributed by atoms with Crippen LogP contribution < -0.4 is 0 Å². The molecule has 152 valence electrons. The molecular formula is C20H27N3O4S. The molecule has 0 aliphatic carbocycles. The molecule has 0 amide bonds. The average molecular weight is 406 g/mol. The molecular weight excluding hydrogens is 378 g/mol. The highest BCUT2D eigenvalue weighted by molar-refractivity contribution is 7.89. The number of aryl methyl sites for hydroxylation is 1. The van der Waals surface area contributed by atoms with Gasteiger partial charge in [0, 0.05) is 38.6 Å². The molecule has 2 aliphatic heterocycles. The van der Waals surface area contributed by atoms with Crippen LogP contribution in [0.4, 0.5) is 0 Å². The van der Waals surface area contributed by atoms with Gasteiger partial charge in [-0.2, -0.15) is 9.29 Å². The highest BCUT2D eigenvalue weighted by Gasteiger charge is 2.30. The molecule has 1 aromatic carbocycles. The number of hydrogen-bond acceptors (Lipinski definition) is 6. The van der Waals surface area contributed by atoms with Gasteiger partial charge >= 0.3 is 0 Å². The van der Waals surface area contributed by atoms with E-state index < -0.39 is 10.0 Å².